The number of hydrogen-bond acceptors (Lipinski definition) is 3. The molecule has 1 N–H and O–H groups in total. The summed E-state index contributed by atoms with van der Waals surface area (Å²) in [5.41, 5.74) is 1.02. The molecule has 148 valence electrons. The molecule has 3 aliphatic heterocycles. The summed E-state index contributed by atoms with van der Waals surface area (Å²) >= 11 is 0. The zero-order valence-electron chi connectivity index (χ0n) is 15.8. The summed E-state index contributed by atoms with van der Waals surface area (Å²) in [6.45, 7) is 4.60. The minimum Gasteiger partial charge on any atom is -0.341 e. The normalized spacial score (nSPS) is 27.6. The highest BCUT2D eigenvalue weighted by Gasteiger charge is 2.38. The topological polar surface area (TPSA) is 52.7 Å². The van der Waals surface area contributed by atoms with Gasteiger partial charge >= 0.3 is 0 Å². The number of amides is 2. The molecular weight excluding hydrogens is 362 g/mol. The van der Waals surface area contributed by atoms with E-state index in [1.807, 2.05) is 40.1 Å². The van der Waals surface area contributed by atoms with Gasteiger partial charge in [-0.15, -0.1) is 12.4 Å². The molecular formula is C21H30ClN3O2. The number of carbonyl (C=O) groups is 2. The van der Waals surface area contributed by atoms with Gasteiger partial charge in [-0.05, 0) is 56.2 Å². The van der Waals surface area contributed by atoms with Gasteiger partial charge in [0.05, 0.1) is 6.42 Å². The van der Waals surface area contributed by atoms with Crippen LogP contribution >= 0.6 is 12.4 Å². The zero-order valence-corrected chi connectivity index (χ0v) is 16.6. The molecule has 2 amide bonds. The lowest BCUT2D eigenvalue weighted by atomic mass is 9.92. The van der Waals surface area contributed by atoms with Crippen molar-refractivity contribution in [3.8, 4) is 0 Å². The molecule has 0 spiro atoms. The highest BCUT2D eigenvalue weighted by atomic mass is 35.5. The van der Waals surface area contributed by atoms with Gasteiger partial charge in [-0.2, -0.15) is 0 Å². The summed E-state index contributed by atoms with van der Waals surface area (Å²) in [5, 5.41) is 3.48. The van der Waals surface area contributed by atoms with Gasteiger partial charge in [0.15, 0.2) is 0 Å². The molecule has 1 aromatic rings. The minimum absolute atomic E-state index is 0. The second-order valence-electron chi connectivity index (χ2n) is 7.99. The van der Waals surface area contributed by atoms with E-state index in [0.29, 0.717) is 24.8 Å². The van der Waals surface area contributed by atoms with Gasteiger partial charge in [-0.1, -0.05) is 30.3 Å². The van der Waals surface area contributed by atoms with Gasteiger partial charge in [0.2, 0.25) is 11.8 Å². The van der Waals surface area contributed by atoms with E-state index in [4.69, 9.17) is 0 Å². The van der Waals surface area contributed by atoms with Crippen LogP contribution in [0.15, 0.2) is 30.3 Å². The highest BCUT2D eigenvalue weighted by molar-refractivity contribution is 5.89. The van der Waals surface area contributed by atoms with Crippen molar-refractivity contribution >= 4 is 24.2 Å². The van der Waals surface area contributed by atoms with Crippen molar-refractivity contribution < 1.29 is 9.59 Å². The van der Waals surface area contributed by atoms with Crippen molar-refractivity contribution in [3.63, 3.8) is 0 Å². The lowest BCUT2D eigenvalue weighted by Gasteiger charge is -2.30. The maximum absolute atomic E-state index is 13.2. The van der Waals surface area contributed by atoms with Crippen LogP contribution in [0.1, 0.15) is 31.2 Å². The molecule has 4 rings (SSSR count). The van der Waals surface area contributed by atoms with Crippen molar-refractivity contribution in [2.24, 2.45) is 11.8 Å². The molecule has 5 nitrogen and oxygen atoms in total. The fourth-order valence-electron chi connectivity index (χ4n) is 4.84. The van der Waals surface area contributed by atoms with Crippen LogP contribution in [-0.4, -0.2) is 60.4 Å². The molecule has 3 fully saturated rings. The van der Waals surface area contributed by atoms with Crippen molar-refractivity contribution in [1.29, 1.82) is 0 Å². The summed E-state index contributed by atoms with van der Waals surface area (Å²) in [4.78, 5) is 29.8. The van der Waals surface area contributed by atoms with E-state index in [-0.39, 0.29) is 30.3 Å². The van der Waals surface area contributed by atoms with Gasteiger partial charge in [-0.25, -0.2) is 0 Å². The number of hydrogen-bond donors (Lipinski definition) is 1. The molecule has 0 bridgehead atoms. The molecule has 3 atom stereocenters. The summed E-state index contributed by atoms with van der Waals surface area (Å²) in [5.74, 6) is 1.69. The summed E-state index contributed by atoms with van der Waals surface area (Å²) in [7, 11) is 0. The maximum atomic E-state index is 13.2. The Morgan fingerprint density at radius 3 is 2.30 bits per heavy atom. The van der Waals surface area contributed by atoms with Gasteiger partial charge in [-0.3, -0.25) is 9.59 Å². The van der Waals surface area contributed by atoms with Crippen molar-refractivity contribution in [2.45, 2.75) is 38.1 Å². The number of nitrogens with zero attached hydrogens (tertiary/aromatic N) is 2. The van der Waals surface area contributed by atoms with Crippen molar-refractivity contribution in [2.75, 3.05) is 32.7 Å². The Bertz CT molecular complexity index is 640. The first kappa shape index (κ1) is 20.2. The maximum Gasteiger partial charge on any atom is 0.245 e. The first-order valence-electron chi connectivity index (χ1n) is 10.1. The number of carbonyl (C=O) groups excluding carboxylic acids is 2. The van der Waals surface area contributed by atoms with Crippen LogP contribution in [0, 0.1) is 11.8 Å². The van der Waals surface area contributed by atoms with E-state index >= 15 is 0 Å². The first-order chi connectivity index (χ1) is 12.7. The van der Waals surface area contributed by atoms with E-state index in [9.17, 15) is 9.59 Å². The Balaban J connectivity index is 0.00000210. The number of likely N-dealkylation sites (tertiary alicyclic amines) is 2. The van der Waals surface area contributed by atoms with E-state index in [1.165, 1.54) is 0 Å². The lowest BCUT2D eigenvalue weighted by molar-refractivity contribution is -0.143. The predicted molar refractivity (Wildman–Crippen MR) is 108 cm³/mol. The molecule has 1 unspecified atom stereocenters. The smallest absolute Gasteiger partial charge is 0.245 e. The fraction of sp³-hybridized carbons (Fsp3) is 0.619. The number of benzene rings is 1. The Morgan fingerprint density at radius 1 is 0.963 bits per heavy atom. The molecule has 0 aliphatic carbocycles. The number of rotatable bonds is 3. The second-order valence-corrected chi connectivity index (χ2v) is 7.99. The van der Waals surface area contributed by atoms with Crippen molar-refractivity contribution in [1.82, 2.24) is 15.1 Å². The second kappa shape index (κ2) is 9.07. The quantitative estimate of drug-likeness (QED) is 0.858. The lowest BCUT2D eigenvalue weighted by Crippen LogP contribution is -2.48. The van der Waals surface area contributed by atoms with Crippen LogP contribution in [-0.2, 0) is 16.0 Å². The highest BCUT2D eigenvalue weighted by Crippen LogP contribution is 2.29. The average Bonchev–Trinajstić information content (AvgIpc) is 3.28. The molecule has 3 aliphatic rings. The van der Waals surface area contributed by atoms with Crippen LogP contribution in [0.2, 0.25) is 0 Å². The van der Waals surface area contributed by atoms with Gasteiger partial charge in [0, 0.05) is 19.6 Å². The fourth-order valence-corrected chi connectivity index (χ4v) is 4.84. The third-order valence-corrected chi connectivity index (χ3v) is 6.39. The standard InChI is InChI=1S/C21H29N3O2.ClH/c25-20(13-16-5-2-1-3-6-16)24-10-4-7-19(24)21(26)23-11-8-17-14-22-15-18(17)9-12-23;/h1-3,5-6,17-19,22H,4,7-15H2;1H/t17-,18+,19?;. The van der Waals surface area contributed by atoms with E-state index in [1.54, 1.807) is 0 Å². The van der Waals surface area contributed by atoms with Gasteiger partial charge in [0.1, 0.15) is 6.04 Å². The van der Waals surface area contributed by atoms with Crippen LogP contribution in [0.3, 0.4) is 0 Å². The largest absolute Gasteiger partial charge is 0.341 e. The van der Waals surface area contributed by atoms with E-state index in [0.717, 1.165) is 57.4 Å². The van der Waals surface area contributed by atoms with Crippen LogP contribution in [0.25, 0.3) is 0 Å². The Labute approximate surface area is 167 Å². The number of nitrogens with one attached hydrogen (secondary N) is 1. The molecule has 3 heterocycles. The number of fused-ring (bicyclic) bond motifs is 1. The molecule has 6 heteroatoms. The zero-order chi connectivity index (χ0) is 17.9. The molecule has 3 saturated heterocycles. The summed E-state index contributed by atoms with van der Waals surface area (Å²) in [6.07, 6.45) is 4.31. The third-order valence-electron chi connectivity index (χ3n) is 6.39. The predicted octanol–water partition coefficient (Wildman–Crippen LogP) is 2.10. The van der Waals surface area contributed by atoms with Gasteiger partial charge < -0.3 is 15.1 Å². The third kappa shape index (κ3) is 4.46. The Hall–Kier alpha value is -1.59. The average molecular weight is 392 g/mol. The van der Waals surface area contributed by atoms with Crippen molar-refractivity contribution in [3.05, 3.63) is 35.9 Å². The first-order valence-corrected chi connectivity index (χ1v) is 10.1. The molecule has 0 radical (unpaired) electrons. The van der Waals surface area contributed by atoms with Crippen LogP contribution in [0.5, 0.6) is 0 Å². The molecule has 27 heavy (non-hydrogen) atoms. The van der Waals surface area contributed by atoms with E-state index in [2.05, 4.69) is 5.32 Å². The monoisotopic (exact) mass is 391 g/mol. The van der Waals surface area contributed by atoms with Crippen LogP contribution < -0.4 is 5.32 Å². The Kier molecular flexibility index (Phi) is 6.77. The number of halogens is 1. The molecule has 1 aromatic carbocycles. The summed E-state index contributed by atoms with van der Waals surface area (Å²) < 4.78 is 0. The van der Waals surface area contributed by atoms with Crippen LogP contribution in [0.4, 0.5) is 0 Å². The Morgan fingerprint density at radius 2 is 1.63 bits per heavy atom. The SMILES string of the molecule is Cl.O=C(C1CCCN1C(=O)Cc1ccccc1)N1CC[C@@H]2CNC[C@@H]2CC1. The summed E-state index contributed by atoms with van der Waals surface area (Å²) in [6, 6.07) is 9.58. The minimum atomic E-state index is -0.248. The molecule has 0 aromatic heterocycles. The van der Waals surface area contributed by atoms with Gasteiger partial charge in [0.25, 0.3) is 0 Å². The van der Waals surface area contributed by atoms with E-state index < -0.39 is 0 Å². The molecule has 0 saturated carbocycles.